The molecular weight excluding hydrogens is 417 g/mol. The van der Waals surface area contributed by atoms with Crippen molar-refractivity contribution in [1.29, 1.82) is 0 Å². The highest BCUT2D eigenvalue weighted by Gasteiger charge is 2.41. The molecule has 1 saturated heterocycles. The Hall–Kier alpha value is -1.89. The van der Waals surface area contributed by atoms with E-state index in [1.807, 2.05) is 0 Å². The summed E-state index contributed by atoms with van der Waals surface area (Å²) in [5.74, 6) is -0.725. The fourth-order valence-electron chi connectivity index (χ4n) is 2.59. The molecule has 164 valence electrons. The quantitative estimate of drug-likeness (QED) is 0.474. The minimum atomic E-state index is -4.75. The summed E-state index contributed by atoms with van der Waals surface area (Å²) in [5.41, 5.74) is 1.50. The van der Waals surface area contributed by atoms with Crippen LogP contribution < -0.4 is 15.0 Å². The fraction of sp³-hybridized carbons (Fsp3) is 0.588. The number of benzene rings is 1. The Bertz CT molecular complexity index is 710. The number of piperidine rings is 1. The first-order valence-corrected chi connectivity index (χ1v) is 9.97. The highest BCUT2D eigenvalue weighted by Crippen LogP contribution is 2.27. The summed E-state index contributed by atoms with van der Waals surface area (Å²) in [7, 11) is 0. The Labute approximate surface area is 168 Å². The number of amides is 1. The van der Waals surface area contributed by atoms with E-state index in [4.69, 9.17) is 14.2 Å². The predicted molar refractivity (Wildman–Crippen MR) is 96.2 cm³/mol. The van der Waals surface area contributed by atoms with Crippen molar-refractivity contribution in [3.63, 3.8) is 0 Å². The minimum Gasteiger partial charge on any atom is -0.490 e. The Morgan fingerprint density at radius 2 is 1.79 bits per heavy atom. The topological polar surface area (TPSA) is 97.3 Å². The fourth-order valence-corrected chi connectivity index (χ4v) is 3.52. The third kappa shape index (κ3) is 6.56. The molecule has 0 aromatic heterocycles. The second-order valence-corrected chi connectivity index (χ2v) is 8.12. The lowest BCUT2D eigenvalue weighted by Gasteiger charge is -2.33. The molecule has 8 nitrogen and oxygen atoms in total. The largest absolute Gasteiger partial charge is 0.573 e. The monoisotopic (exact) mass is 440 g/mol. The number of nitrogens with zero attached hydrogens (tertiary/aromatic N) is 1. The molecule has 1 aromatic rings. The maximum Gasteiger partial charge on any atom is 0.573 e. The van der Waals surface area contributed by atoms with E-state index in [1.165, 1.54) is 41.7 Å². The van der Waals surface area contributed by atoms with Gasteiger partial charge >= 0.3 is 6.36 Å². The van der Waals surface area contributed by atoms with Gasteiger partial charge in [-0.2, -0.15) is 9.35 Å². The van der Waals surface area contributed by atoms with Gasteiger partial charge in [-0.15, -0.1) is 13.2 Å². The van der Waals surface area contributed by atoms with Gasteiger partial charge < -0.3 is 9.47 Å². The first-order valence-electron chi connectivity index (χ1n) is 8.89. The van der Waals surface area contributed by atoms with Crippen LogP contribution in [0.15, 0.2) is 24.3 Å². The summed E-state index contributed by atoms with van der Waals surface area (Å²) in [6.07, 6.45) is -3.71. The van der Waals surface area contributed by atoms with Crippen LogP contribution in [0.25, 0.3) is 0 Å². The molecule has 1 fully saturated rings. The van der Waals surface area contributed by atoms with Crippen LogP contribution in [0.5, 0.6) is 11.5 Å². The van der Waals surface area contributed by atoms with Crippen LogP contribution in [0.3, 0.4) is 0 Å². The molecule has 2 atom stereocenters. The molecule has 1 aliphatic heterocycles. The Morgan fingerprint density at radius 3 is 2.28 bits per heavy atom. The number of alkyl halides is 3. The zero-order valence-electron chi connectivity index (χ0n) is 15.9. The van der Waals surface area contributed by atoms with Crippen LogP contribution in [-0.4, -0.2) is 50.7 Å². The van der Waals surface area contributed by atoms with Crippen LogP contribution in [0.4, 0.5) is 13.2 Å². The maximum absolute atomic E-state index is 12.4. The van der Waals surface area contributed by atoms with Gasteiger partial charge in [0.15, 0.2) is 15.8 Å². The van der Waals surface area contributed by atoms with Gasteiger partial charge in [0.1, 0.15) is 17.6 Å². The van der Waals surface area contributed by atoms with Crippen LogP contribution >= 0.6 is 0 Å². The number of halogens is 3. The molecule has 2 unspecified atom stereocenters. The second kappa shape index (κ2) is 9.74. The van der Waals surface area contributed by atoms with E-state index in [1.54, 1.807) is 6.92 Å². The first kappa shape index (κ1) is 23.4. The Balaban J connectivity index is 1.83. The Kier molecular flexibility index (Phi) is 7.86. The van der Waals surface area contributed by atoms with Crippen molar-refractivity contribution >= 4 is 17.0 Å². The van der Waals surface area contributed by atoms with Gasteiger partial charge in [0.2, 0.25) is 0 Å². The van der Waals surface area contributed by atoms with E-state index in [2.05, 4.69) is 4.74 Å². The van der Waals surface area contributed by atoms with E-state index < -0.39 is 28.1 Å². The summed E-state index contributed by atoms with van der Waals surface area (Å²) < 4.78 is 62.5. The predicted octanol–water partition coefficient (Wildman–Crippen LogP) is 2.70. The zero-order chi connectivity index (χ0) is 21.7. The van der Waals surface area contributed by atoms with E-state index in [9.17, 15) is 22.2 Å². The lowest BCUT2D eigenvalue weighted by atomic mass is 10.1. The average Bonchev–Trinajstić information content (AvgIpc) is 2.68. The zero-order valence-corrected chi connectivity index (χ0v) is 16.7. The molecule has 2 rings (SSSR count). The van der Waals surface area contributed by atoms with Crippen LogP contribution in [0.2, 0.25) is 0 Å². The second-order valence-electron chi connectivity index (χ2n) is 6.60. The van der Waals surface area contributed by atoms with Crippen molar-refractivity contribution in [2.45, 2.75) is 50.3 Å². The molecule has 0 bridgehead atoms. The molecule has 1 heterocycles. The molecule has 1 aliphatic rings. The average molecular weight is 440 g/mol. The number of ether oxygens (including phenoxy) is 2. The van der Waals surface area contributed by atoms with E-state index >= 15 is 0 Å². The van der Waals surface area contributed by atoms with E-state index in [0.717, 1.165) is 0 Å². The number of carbonyl (C=O) groups excluding carboxylic acids is 1. The minimum absolute atomic E-state index is 0.194. The van der Waals surface area contributed by atoms with Crippen molar-refractivity contribution in [3.05, 3.63) is 24.3 Å². The van der Waals surface area contributed by atoms with Gasteiger partial charge in [0, 0.05) is 13.1 Å². The van der Waals surface area contributed by atoms with Crippen molar-refractivity contribution in [3.8, 4) is 11.5 Å². The SMILES string of the molecule is CCC(C)(C(=O)NO)S(=O)ON1CCC(Oc2ccc(OC(F)(F)F)cc2)CC1. The van der Waals surface area contributed by atoms with Gasteiger partial charge in [-0.1, -0.05) is 6.92 Å². The summed E-state index contributed by atoms with van der Waals surface area (Å²) in [4.78, 5) is 11.8. The molecule has 12 heteroatoms. The molecule has 2 N–H and O–H groups in total. The van der Waals surface area contributed by atoms with Crippen molar-refractivity contribution in [2.24, 2.45) is 0 Å². The molecule has 0 spiro atoms. The van der Waals surface area contributed by atoms with Gasteiger partial charge in [-0.3, -0.25) is 10.0 Å². The van der Waals surface area contributed by atoms with E-state index in [-0.39, 0.29) is 18.3 Å². The number of nitrogens with one attached hydrogen (secondary N) is 1. The molecule has 0 radical (unpaired) electrons. The molecule has 1 amide bonds. The standard InChI is InChI=1S/C17H23F3N2O6S/c1-3-16(2,15(23)21-24)29(25)28-22-10-8-13(9-11-22)26-12-4-6-14(7-5-12)27-17(18,19)20/h4-7,13,24H,3,8-11H2,1-2H3,(H,21,23). The lowest BCUT2D eigenvalue weighted by Crippen LogP contribution is -2.49. The number of hydrogen-bond acceptors (Lipinski definition) is 7. The molecule has 0 saturated carbocycles. The van der Waals surface area contributed by atoms with Gasteiger partial charge in [-0.05, 0) is 50.5 Å². The Morgan fingerprint density at radius 1 is 1.24 bits per heavy atom. The number of hydroxylamine groups is 3. The highest BCUT2D eigenvalue weighted by atomic mass is 32.2. The number of carbonyl (C=O) groups is 1. The third-order valence-electron chi connectivity index (χ3n) is 4.56. The van der Waals surface area contributed by atoms with Crippen LogP contribution in [-0.2, 0) is 20.2 Å². The molecule has 1 aromatic carbocycles. The summed E-state index contributed by atoms with van der Waals surface area (Å²) in [6, 6.07) is 5.11. The first-order chi connectivity index (χ1) is 13.6. The highest BCUT2D eigenvalue weighted by molar-refractivity contribution is 7.82. The summed E-state index contributed by atoms with van der Waals surface area (Å²) in [5, 5.41) is 10.3. The third-order valence-corrected chi connectivity index (χ3v) is 6.11. The van der Waals surface area contributed by atoms with Gasteiger partial charge in [0.05, 0.1) is 0 Å². The number of rotatable bonds is 8. The van der Waals surface area contributed by atoms with E-state index in [0.29, 0.717) is 31.7 Å². The van der Waals surface area contributed by atoms with Crippen molar-refractivity contribution < 1.29 is 41.1 Å². The van der Waals surface area contributed by atoms with Gasteiger partial charge in [0.25, 0.3) is 5.91 Å². The van der Waals surface area contributed by atoms with Crippen molar-refractivity contribution in [1.82, 2.24) is 10.5 Å². The van der Waals surface area contributed by atoms with Crippen LogP contribution in [0.1, 0.15) is 33.1 Å². The lowest BCUT2D eigenvalue weighted by molar-refractivity contribution is -0.274. The maximum atomic E-state index is 12.4. The van der Waals surface area contributed by atoms with Crippen LogP contribution in [0, 0.1) is 0 Å². The molecule has 0 aliphatic carbocycles. The molecule has 29 heavy (non-hydrogen) atoms. The normalized spacial score (nSPS) is 19.2. The van der Waals surface area contributed by atoms with Gasteiger partial charge in [-0.25, -0.2) is 9.69 Å². The van der Waals surface area contributed by atoms with Crippen molar-refractivity contribution in [2.75, 3.05) is 13.1 Å². The summed E-state index contributed by atoms with van der Waals surface area (Å²) >= 11 is -2.00. The number of hydrogen-bond donors (Lipinski definition) is 2. The molecular formula is C17H23F3N2O6S. The smallest absolute Gasteiger partial charge is 0.490 e. The summed E-state index contributed by atoms with van der Waals surface area (Å²) in [6.45, 7) is 3.84.